The summed E-state index contributed by atoms with van der Waals surface area (Å²) in [6.45, 7) is 8.83. The SMILES string of the molecule is Cc1cccc(C)c1-c1cc2nc(n1)NS(=O)(=O)c1cccc(c1)C(=O)NCC(C1CCC(C)(C)CC1)O2. The molecule has 3 aromatic rings. The maximum absolute atomic E-state index is 13.3. The van der Waals surface area contributed by atoms with E-state index in [1.54, 1.807) is 18.2 Å². The molecule has 1 fully saturated rings. The second kappa shape index (κ2) is 10.0. The first-order valence-electron chi connectivity index (χ1n) is 13.0. The lowest BCUT2D eigenvalue weighted by Crippen LogP contribution is -2.42. The molecule has 4 bridgehead atoms. The molecule has 1 unspecified atom stereocenters. The summed E-state index contributed by atoms with van der Waals surface area (Å²) in [7, 11) is -4.06. The number of anilines is 1. The summed E-state index contributed by atoms with van der Waals surface area (Å²) in [5.41, 5.74) is 4.02. The molecule has 2 heterocycles. The number of aryl methyl sites for hydroxylation is 2. The zero-order valence-electron chi connectivity index (χ0n) is 22.2. The minimum absolute atomic E-state index is 0.0426. The quantitative estimate of drug-likeness (QED) is 0.464. The van der Waals surface area contributed by atoms with Crippen LogP contribution in [-0.2, 0) is 10.0 Å². The predicted octanol–water partition coefficient (Wildman–Crippen LogP) is 5.27. The van der Waals surface area contributed by atoms with Gasteiger partial charge in [0.25, 0.3) is 15.9 Å². The lowest BCUT2D eigenvalue weighted by Gasteiger charge is -2.37. The van der Waals surface area contributed by atoms with Gasteiger partial charge in [0.05, 0.1) is 17.1 Å². The van der Waals surface area contributed by atoms with E-state index < -0.39 is 10.0 Å². The zero-order chi connectivity index (χ0) is 27.1. The van der Waals surface area contributed by atoms with Crippen molar-refractivity contribution in [2.75, 3.05) is 11.3 Å². The highest BCUT2D eigenvalue weighted by Gasteiger charge is 2.33. The lowest BCUT2D eigenvalue weighted by atomic mass is 9.71. The van der Waals surface area contributed by atoms with Gasteiger partial charge in [-0.3, -0.25) is 4.79 Å². The first-order valence-corrected chi connectivity index (χ1v) is 14.5. The van der Waals surface area contributed by atoms with E-state index in [1.165, 1.54) is 12.1 Å². The number of aromatic nitrogens is 2. The van der Waals surface area contributed by atoms with Crippen molar-refractivity contribution in [2.45, 2.75) is 64.4 Å². The number of hydrogen-bond acceptors (Lipinski definition) is 6. The molecule has 2 aromatic carbocycles. The highest BCUT2D eigenvalue weighted by atomic mass is 32.2. The highest BCUT2D eigenvalue weighted by molar-refractivity contribution is 7.92. The number of carbonyl (C=O) groups excluding carboxylic acids is 1. The van der Waals surface area contributed by atoms with Crippen LogP contribution in [0.3, 0.4) is 0 Å². The van der Waals surface area contributed by atoms with Gasteiger partial charge in [-0.05, 0) is 80.2 Å². The third-order valence-corrected chi connectivity index (χ3v) is 9.04. The van der Waals surface area contributed by atoms with Crippen LogP contribution in [0.1, 0.15) is 61.0 Å². The van der Waals surface area contributed by atoms with Gasteiger partial charge < -0.3 is 10.1 Å². The molecule has 5 rings (SSSR count). The fraction of sp³-hybridized carbons (Fsp3) is 0.414. The average Bonchev–Trinajstić information content (AvgIpc) is 2.86. The molecule has 200 valence electrons. The normalized spacial score (nSPS) is 21.1. The van der Waals surface area contributed by atoms with Gasteiger partial charge in [0.15, 0.2) is 0 Å². The summed E-state index contributed by atoms with van der Waals surface area (Å²) in [4.78, 5) is 22.0. The van der Waals surface area contributed by atoms with E-state index in [0.29, 0.717) is 5.69 Å². The molecule has 0 radical (unpaired) electrons. The Morgan fingerprint density at radius 3 is 2.37 bits per heavy atom. The van der Waals surface area contributed by atoms with E-state index in [1.807, 2.05) is 32.0 Å². The molecule has 2 aliphatic rings. The molecule has 1 aliphatic heterocycles. The number of nitrogens with zero attached hydrogens (tertiary/aromatic N) is 2. The molecule has 0 saturated heterocycles. The molecule has 1 saturated carbocycles. The van der Waals surface area contributed by atoms with Crippen molar-refractivity contribution >= 4 is 21.9 Å². The lowest BCUT2D eigenvalue weighted by molar-refractivity contribution is 0.0662. The van der Waals surface area contributed by atoms with Gasteiger partial charge in [-0.15, -0.1) is 0 Å². The van der Waals surface area contributed by atoms with E-state index in [2.05, 4.69) is 33.9 Å². The Morgan fingerprint density at radius 2 is 1.66 bits per heavy atom. The molecule has 8 nitrogen and oxygen atoms in total. The van der Waals surface area contributed by atoms with E-state index >= 15 is 0 Å². The number of hydrogen-bond donors (Lipinski definition) is 2. The number of ether oxygens (including phenoxy) is 1. The predicted molar refractivity (Wildman–Crippen MR) is 147 cm³/mol. The Kier molecular flexibility index (Phi) is 6.90. The van der Waals surface area contributed by atoms with Crippen LogP contribution in [-0.4, -0.2) is 36.9 Å². The van der Waals surface area contributed by atoms with E-state index in [-0.39, 0.29) is 52.2 Å². The molecule has 1 aliphatic carbocycles. The van der Waals surface area contributed by atoms with Crippen LogP contribution < -0.4 is 14.8 Å². The Hall–Kier alpha value is -3.46. The summed E-state index contributed by atoms with van der Waals surface area (Å²) in [5, 5.41) is 2.97. The Morgan fingerprint density at radius 1 is 0.974 bits per heavy atom. The van der Waals surface area contributed by atoms with Crippen molar-refractivity contribution in [1.29, 1.82) is 0 Å². The summed E-state index contributed by atoms with van der Waals surface area (Å²) in [6.07, 6.45) is 3.74. The molecular formula is C29H34N4O4S. The van der Waals surface area contributed by atoms with Crippen molar-refractivity contribution in [3.63, 3.8) is 0 Å². The monoisotopic (exact) mass is 534 g/mol. The van der Waals surface area contributed by atoms with Gasteiger partial charge in [-0.2, -0.15) is 4.98 Å². The molecule has 1 aromatic heterocycles. The second-order valence-electron chi connectivity index (χ2n) is 11.2. The summed E-state index contributed by atoms with van der Waals surface area (Å²) in [5.74, 6) is 0.0663. The largest absolute Gasteiger partial charge is 0.472 e. The fourth-order valence-electron chi connectivity index (χ4n) is 5.41. The van der Waals surface area contributed by atoms with Crippen LogP contribution in [0.2, 0.25) is 0 Å². The molecular weight excluding hydrogens is 500 g/mol. The van der Waals surface area contributed by atoms with Crippen molar-refractivity contribution < 1.29 is 17.9 Å². The summed E-state index contributed by atoms with van der Waals surface area (Å²) < 4.78 is 35.5. The molecule has 1 atom stereocenters. The number of sulfonamides is 1. The second-order valence-corrected chi connectivity index (χ2v) is 12.9. The number of benzene rings is 2. The third kappa shape index (κ3) is 5.53. The van der Waals surface area contributed by atoms with Crippen molar-refractivity contribution in [3.8, 4) is 17.1 Å². The number of carbonyl (C=O) groups is 1. The van der Waals surface area contributed by atoms with Crippen molar-refractivity contribution in [3.05, 3.63) is 65.2 Å². The third-order valence-electron chi connectivity index (χ3n) is 7.72. The van der Waals surface area contributed by atoms with E-state index in [4.69, 9.17) is 4.74 Å². The Balaban J connectivity index is 1.62. The van der Waals surface area contributed by atoms with Gasteiger partial charge in [0, 0.05) is 17.2 Å². The smallest absolute Gasteiger partial charge is 0.264 e. The zero-order valence-corrected chi connectivity index (χ0v) is 23.1. The number of nitrogens with one attached hydrogen (secondary N) is 2. The van der Waals surface area contributed by atoms with Crippen LogP contribution in [0.25, 0.3) is 11.3 Å². The van der Waals surface area contributed by atoms with Gasteiger partial charge in [-0.1, -0.05) is 38.1 Å². The maximum atomic E-state index is 13.3. The van der Waals surface area contributed by atoms with Gasteiger partial charge >= 0.3 is 0 Å². The Bertz CT molecular complexity index is 1460. The minimum atomic E-state index is -4.06. The van der Waals surface area contributed by atoms with Crippen LogP contribution in [0.15, 0.2) is 53.4 Å². The maximum Gasteiger partial charge on any atom is 0.264 e. The first-order chi connectivity index (χ1) is 18.0. The molecule has 38 heavy (non-hydrogen) atoms. The van der Waals surface area contributed by atoms with Crippen LogP contribution in [0.4, 0.5) is 5.95 Å². The van der Waals surface area contributed by atoms with Gasteiger partial charge in [0.2, 0.25) is 11.8 Å². The molecule has 2 N–H and O–H groups in total. The topological polar surface area (TPSA) is 110 Å². The molecule has 9 heteroatoms. The van der Waals surface area contributed by atoms with Crippen LogP contribution >= 0.6 is 0 Å². The standard InChI is InChI=1S/C29H34N4O4S/c1-18-7-5-8-19(2)26(18)23-16-25-32-28(31-23)33-38(35,36)22-10-6-9-21(15-22)27(34)30-17-24(37-25)20-11-13-29(3,4)14-12-20/h5-10,15-16,20,24H,11-14,17H2,1-4H3,(H,30,34)(H,31,32,33). The van der Waals surface area contributed by atoms with Crippen LogP contribution in [0.5, 0.6) is 5.88 Å². The number of amides is 1. The first kappa shape index (κ1) is 26.2. The van der Waals surface area contributed by atoms with Gasteiger partial charge in [-0.25, -0.2) is 18.1 Å². The van der Waals surface area contributed by atoms with E-state index in [9.17, 15) is 13.2 Å². The average molecular weight is 535 g/mol. The molecule has 1 amide bonds. The summed E-state index contributed by atoms with van der Waals surface area (Å²) in [6, 6.07) is 13.7. The Labute approximate surface area is 224 Å². The van der Waals surface area contributed by atoms with E-state index in [0.717, 1.165) is 42.4 Å². The fourth-order valence-corrected chi connectivity index (χ4v) is 6.40. The van der Waals surface area contributed by atoms with Gasteiger partial charge in [0.1, 0.15) is 6.10 Å². The van der Waals surface area contributed by atoms with Crippen LogP contribution in [0, 0.1) is 25.2 Å². The number of fused-ring (bicyclic) bond motifs is 4. The number of rotatable bonds is 2. The summed E-state index contributed by atoms with van der Waals surface area (Å²) >= 11 is 0. The van der Waals surface area contributed by atoms with Crippen molar-refractivity contribution in [1.82, 2.24) is 15.3 Å². The van der Waals surface area contributed by atoms with Crippen molar-refractivity contribution in [2.24, 2.45) is 11.3 Å². The minimum Gasteiger partial charge on any atom is -0.472 e. The molecule has 0 spiro atoms. The highest BCUT2D eigenvalue weighted by Crippen LogP contribution is 2.40.